The van der Waals surface area contributed by atoms with E-state index in [0.717, 1.165) is 4.90 Å². The highest BCUT2D eigenvalue weighted by Gasteiger charge is 1.90. The highest BCUT2D eigenvalue weighted by molar-refractivity contribution is 7.80. The monoisotopic (exact) mass is 155 g/mol. The number of hydrogen-bond acceptors (Lipinski definition) is 2. The van der Waals surface area contributed by atoms with Crippen molar-refractivity contribution in [2.24, 2.45) is 0 Å². The van der Waals surface area contributed by atoms with Crippen LogP contribution in [0, 0.1) is 0 Å². The molecule has 0 aliphatic carbocycles. The minimum absolute atomic E-state index is 0.00926. The van der Waals surface area contributed by atoms with E-state index in [1.807, 2.05) is 6.92 Å². The van der Waals surface area contributed by atoms with Crippen molar-refractivity contribution in [1.82, 2.24) is 4.57 Å². The van der Waals surface area contributed by atoms with Gasteiger partial charge in [0.1, 0.15) is 0 Å². The average Bonchev–Trinajstić information content (AvgIpc) is 1.88. The molecular weight excluding hydrogens is 146 g/mol. The molecule has 2 nitrogen and oxygen atoms in total. The van der Waals surface area contributed by atoms with Crippen LogP contribution >= 0.6 is 12.6 Å². The van der Waals surface area contributed by atoms with E-state index in [2.05, 4.69) is 12.6 Å². The Morgan fingerprint density at radius 2 is 2.40 bits per heavy atom. The van der Waals surface area contributed by atoms with Gasteiger partial charge in [-0.3, -0.25) is 4.79 Å². The van der Waals surface area contributed by atoms with Gasteiger partial charge in [0.15, 0.2) is 0 Å². The Kier molecular flexibility index (Phi) is 2.17. The number of aromatic nitrogens is 1. The minimum atomic E-state index is 0.00926. The molecule has 0 spiro atoms. The highest BCUT2D eigenvalue weighted by Crippen LogP contribution is 1.98. The van der Waals surface area contributed by atoms with Gasteiger partial charge in [0, 0.05) is 23.7 Å². The summed E-state index contributed by atoms with van der Waals surface area (Å²) >= 11 is 4.03. The molecule has 0 N–H and O–H groups in total. The molecule has 0 aromatic carbocycles. The maximum Gasteiger partial charge on any atom is 0.251 e. The lowest BCUT2D eigenvalue weighted by atomic mass is 10.4. The van der Waals surface area contributed by atoms with Crippen LogP contribution in [0.4, 0.5) is 0 Å². The smallest absolute Gasteiger partial charge is 0.251 e. The summed E-state index contributed by atoms with van der Waals surface area (Å²) in [6.45, 7) is 2.65. The van der Waals surface area contributed by atoms with E-state index < -0.39 is 0 Å². The predicted octanol–water partition coefficient (Wildman–Crippen LogP) is 1.16. The van der Waals surface area contributed by atoms with Crippen LogP contribution in [0.1, 0.15) is 6.92 Å². The molecule has 3 heteroatoms. The highest BCUT2D eigenvalue weighted by atomic mass is 32.1. The van der Waals surface area contributed by atoms with Gasteiger partial charge in [-0.2, -0.15) is 0 Å². The van der Waals surface area contributed by atoms with Crippen molar-refractivity contribution < 1.29 is 0 Å². The van der Waals surface area contributed by atoms with Crippen LogP contribution in [0.3, 0.4) is 0 Å². The summed E-state index contributed by atoms with van der Waals surface area (Å²) in [5.41, 5.74) is 0.00926. The maximum atomic E-state index is 11.0. The normalized spacial score (nSPS) is 9.80. The van der Waals surface area contributed by atoms with Crippen LogP contribution in [0.15, 0.2) is 28.0 Å². The van der Waals surface area contributed by atoms with Gasteiger partial charge >= 0.3 is 0 Å². The second-order valence-electron chi connectivity index (χ2n) is 2.01. The fourth-order valence-electron chi connectivity index (χ4n) is 0.759. The summed E-state index contributed by atoms with van der Waals surface area (Å²) in [7, 11) is 0. The Morgan fingerprint density at radius 3 is 2.90 bits per heavy atom. The zero-order valence-corrected chi connectivity index (χ0v) is 6.64. The largest absolute Gasteiger partial charge is 0.316 e. The summed E-state index contributed by atoms with van der Waals surface area (Å²) < 4.78 is 1.62. The summed E-state index contributed by atoms with van der Waals surface area (Å²) in [6, 6.07) is 3.31. The third-order valence-electron chi connectivity index (χ3n) is 1.32. The van der Waals surface area contributed by atoms with Gasteiger partial charge in [-0.05, 0) is 13.0 Å². The van der Waals surface area contributed by atoms with Crippen LogP contribution in [0.5, 0.6) is 0 Å². The van der Waals surface area contributed by atoms with Gasteiger partial charge in [0.25, 0.3) is 5.56 Å². The van der Waals surface area contributed by atoms with E-state index in [-0.39, 0.29) is 5.56 Å². The minimum Gasteiger partial charge on any atom is -0.316 e. The standard InChI is InChI=1S/C7H9NOS/c1-2-8-4-3-6(10)5-7(8)9/h3-5,10H,2H2,1H3. The Labute approximate surface area is 64.9 Å². The van der Waals surface area contributed by atoms with Crippen LogP contribution < -0.4 is 5.56 Å². The van der Waals surface area contributed by atoms with Crippen molar-refractivity contribution in [3.63, 3.8) is 0 Å². The predicted molar refractivity (Wildman–Crippen MR) is 43.6 cm³/mol. The quantitative estimate of drug-likeness (QED) is 0.604. The van der Waals surface area contributed by atoms with E-state index in [1.165, 1.54) is 6.07 Å². The zero-order valence-electron chi connectivity index (χ0n) is 5.74. The van der Waals surface area contributed by atoms with E-state index in [9.17, 15) is 4.79 Å². The number of thiol groups is 1. The molecule has 1 aromatic heterocycles. The van der Waals surface area contributed by atoms with Crippen LogP contribution in [-0.4, -0.2) is 4.57 Å². The van der Waals surface area contributed by atoms with E-state index in [1.54, 1.807) is 16.8 Å². The Balaban J connectivity index is 3.20. The van der Waals surface area contributed by atoms with Crippen molar-refractivity contribution in [2.45, 2.75) is 18.4 Å². The first-order valence-electron chi connectivity index (χ1n) is 3.13. The van der Waals surface area contributed by atoms with Gasteiger partial charge in [-0.1, -0.05) is 0 Å². The number of nitrogens with zero attached hydrogens (tertiary/aromatic N) is 1. The van der Waals surface area contributed by atoms with Crippen molar-refractivity contribution in [3.05, 3.63) is 28.7 Å². The molecule has 0 saturated carbocycles. The third kappa shape index (κ3) is 1.42. The zero-order chi connectivity index (χ0) is 7.56. The Morgan fingerprint density at radius 1 is 1.70 bits per heavy atom. The van der Waals surface area contributed by atoms with E-state index >= 15 is 0 Å². The van der Waals surface area contributed by atoms with E-state index in [4.69, 9.17) is 0 Å². The molecule has 0 radical (unpaired) electrons. The molecule has 0 unspecified atom stereocenters. The third-order valence-corrected chi connectivity index (χ3v) is 1.60. The molecule has 0 fully saturated rings. The number of pyridine rings is 1. The van der Waals surface area contributed by atoms with Crippen molar-refractivity contribution in [2.75, 3.05) is 0 Å². The number of hydrogen-bond donors (Lipinski definition) is 1. The molecule has 0 aliphatic heterocycles. The first-order valence-corrected chi connectivity index (χ1v) is 3.58. The molecule has 1 aromatic rings. The lowest BCUT2D eigenvalue weighted by molar-refractivity contribution is 0.722. The Hall–Kier alpha value is -0.700. The fourth-order valence-corrected chi connectivity index (χ4v) is 0.936. The molecule has 1 rings (SSSR count). The summed E-state index contributed by atoms with van der Waals surface area (Å²) in [6.07, 6.45) is 1.74. The molecule has 1 heterocycles. The SMILES string of the molecule is CCn1ccc(S)cc1=O. The molecule has 0 atom stereocenters. The molecular formula is C7H9NOS. The summed E-state index contributed by atoms with van der Waals surface area (Å²) in [4.78, 5) is 11.7. The summed E-state index contributed by atoms with van der Waals surface area (Å²) in [5.74, 6) is 0. The maximum absolute atomic E-state index is 11.0. The topological polar surface area (TPSA) is 22.0 Å². The molecule has 0 saturated heterocycles. The first kappa shape index (κ1) is 7.41. The second-order valence-corrected chi connectivity index (χ2v) is 2.53. The van der Waals surface area contributed by atoms with Crippen LogP contribution in [0.2, 0.25) is 0 Å². The average molecular weight is 155 g/mol. The molecule has 54 valence electrons. The van der Waals surface area contributed by atoms with E-state index in [0.29, 0.717) is 6.54 Å². The number of aryl methyl sites for hydroxylation is 1. The second kappa shape index (κ2) is 2.92. The van der Waals surface area contributed by atoms with Gasteiger partial charge in [-0.15, -0.1) is 12.6 Å². The number of rotatable bonds is 1. The van der Waals surface area contributed by atoms with Crippen molar-refractivity contribution in [3.8, 4) is 0 Å². The summed E-state index contributed by atoms with van der Waals surface area (Å²) in [5, 5.41) is 0. The van der Waals surface area contributed by atoms with Gasteiger partial charge in [0.2, 0.25) is 0 Å². The fraction of sp³-hybridized carbons (Fsp3) is 0.286. The van der Waals surface area contributed by atoms with Gasteiger partial charge < -0.3 is 4.57 Å². The van der Waals surface area contributed by atoms with Crippen molar-refractivity contribution in [1.29, 1.82) is 0 Å². The lowest BCUT2D eigenvalue weighted by Crippen LogP contribution is -2.16. The first-order chi connectivity index (χ1) is 4.74. The van der Waals surface area contributed by atoms with Gasteiger partial charge in [-0.25, -0.2) is 0 Å². The van der Waals surface area contributed by atoms with Gasteiger partial charge in [0.05, 0.1) is 0 Å². The van der Waals surface area contributed by atoms with Crippen LogP contribution in [-0.2, 0) is 6.54 Å². The lowest BCUT2D eigenvalue weighted by Gasteiger charge is -1.98. The molecule has 0 aliphatic rings. The molecule has 0 bridgehead atoms. The van der Waals surface area contributed by atoms with Crippen molar-refractivity contribution >= 4 is 12.6 Å². The molecule has 10 heavy (non-hydrogen) atoms. The Bertz CT molecular complexity index is 279. The van der Waals surface area contributed by atoms with Crippen LogP contribution in [0.25, 0.3) is 0 Å². The molecule has 0 amide bonds.